The van der Waals surface area contributed by atoms with Gasteiger partial charge in [-0.1, -0.05) is 18.2 Å². The molecular formula is C16H17FN2O3S. The van der Waals surface area contributed by atoms with Gasteiger partial charge in [-0.2, -0.15) is 0 Å². The van der Waals surface area contributed by atoms with Gasteiger partial charge in [0.2, 0.25) is 10.0 Å². The molecule has 0 spiro atoms. The van der Waals surface area contributed by atoms with Crippen molar-refractivity contribution in [3.63, 3.8) is 0 Å². The van der Waals surface area contributed by atoms with Crippen molar-refractivity contribution in [2.24, 2.45) is 0 Å². The van der Waals surface area contributed by atoms with Crippen molar-refractivity contribution in [3.8, 4) is 0 Å². The van der Waals surface area contributed by atoms with Gasteiger partial charge in [-0.05, 0) is 43.8 Å². The monoisotopic (exact) mass is 336 g/mol. The minimum atomic E-state index is -3.47. The Hall–Kier alpha value is -2.25. The third-order valence-electron chi connectivity index (χ3n) is 3.35. The van der Waals surface area contributed by atoms with Gasteiger partial charge in [0, 0.05) is 12.2 Å². The molecule has 0 amide bonds. The summed E-state index contributed by atoms with van der Waals surface area (Å²) in [5.41, 5.74) is 1.23. The standard InChI is InChI=1S/C16H17FN2O3S/c1-11(20)16-14(17)4-3-5-15(16)19-10-12-6-8-13(9-7-12)23(21,22)18-2/h3-9,18-19H,10H2,1-2H3. The van der Waals surface area contributed by atoms with Crippen LogP contribution in [0.1, 0.15) is 22.8 Å². The Morgan fingerprint density at radius 2 is 1.78 bits per heavy atom. The number of ketones is 1. The van der Waals surface area contributed by atoms with E-state index in [1.807, 2.05) is 0 Å². The molecule has 0 radical (unpaired) electrons. The van der Waals surface area contributed by atoms with Crippen molar-refractivity contribution < 1.29 is 17.6 Å². The molecule has 23 heavy (non-hydrogen) atoms. The van der Waals surface area contributed by atoms with E-state index in [1.165, 1.54) is 38.2 Å². The molecule has 7 heteroatoms. The molecule has 0 unspecified atom stereocenters. The lowest BCUT2D eigenvalue weighted by Crippen LogP contribution is -2.18. The first-order valence-electron chi connectivity index (χ1n) is 6.91. The Bertz CT molecular complexity index is 818. The Kier molecular flexibility index (Phi) is 5.12. The van der Waals surface area contributed by atoms with Crippen LogP contribution in [0.5, 0.6) is 0 Å². The summed E-state index contributed by atoms with van der Waals surface area (Å²) in [4.78, 5) is 11.7. The number of hydrogen-bond acceptors (Lipinski definition) is 4. The van der Waals surface area contributed by atoms with Crippen LogP contribution in [0.3, 0.4) is 0 Å². The molecule has 2 N–H and O–H groups in total. The summed E-state index contributed by atoms with van der Waals surface area (Å²) in [6.07, 6.45) is 0. The maximum Gasteiger partial charge on any atom is 0.240 e. The van der Waals surface area contributed by atoms with E-state index in [9.17, 15) is 17.6 Å². The van der Waals surface area contributed by atoms with E-state index in [2.05, 4.69) is 10.0 Å². The summed E-state index contributed by atoms with van der Waals surface area (Å²) in [5.74, 6) is -0.931. The van der Waals surface area contributed by atoms with Gasteiger partial charge in [0.15, 0.2) is 5.78 Å². The number of halogens is 1. The zero-order chi connectivity index (χ0) is 17.0. The lowest BCUT2D eigenvalue weighted by molar-refractivity contribution is 0.101. The van der Waals surface area contributed by atoms with Gasteiger partial charge in [-0.15, -0.1) is 0 Å². The molecule has 0 aliphatic rings. The zero-order valence-corrected chi connectivity index (χ0v) is 13.6. The molecule has 0 aliphatic heterocycles. The summed E-state index contributed by atoms with van der Waals surface area (Å²) >= 11 is 0. The fraction of sp³-hybridized carbons (Fsp3) is 0.188. The molecular weight excluding hydrogens is 319 g/mol. The lowest BCUT2D eigenvalue weighted by Gasteiger charge is -2.11. The first-order valence-corrected chi connectivity index (χ1v) is 8.39. The number of anilines is 1. The van der Waals surface area contributed by atoms with Crippen molar-refractivity contribution in [1.29, 1.82) is 0 Å². The van der Waals surface area contributed by atoms with E-state index in [0.717, 1.165) is 5.56 Å². The minimum absolute atomic E-state index is 0.0156. The van der Waals surface area contributed by atoms with Crippen LogP contribution in [-0.4, -0.2) is 21.2 Å². The molecule has 0 saturated carbocycles. The maximum atomic E-state index is 13.7. The highest BCUT2D eigenvalue weighted by Gasteiger charge is 2.13. The van der Waals surface area contributed by atoms with Crippen molar-refractivity contribution in [3.05, 3.63) is 59.4 Å². The van der Waals surface area contributed by atoms with Crippen LogP contribution < -0.4 is 10.0 Å². The number of rotatable bonds is 6. The first-order chi connectivity index (χ1) is 10.8. The Morgan fingerprint density at radius 3 is 2.35 bits per heavy atom. The number of hydrogen-bond donors (Lipinski definition) is 2. The van der Waals surface area contributed by atoms with E-state index in [-0.39, 0.29) is 16.2 Å². The van der Waals surface area contributed by atoms with E-state index in [4.69, 9.17) is 0 Å². The lowest BCUT2D eigenvalue weighted by atomic mass is 10.1. The van der Waals surface area contributed by atoms with Crippen LogP contribution in [-0.2, 0) is 16.6 Å². The van der Waals surface area contributed by atoms with Crippen LogP contribution in [0.4, 0.5) is 10.1 Å². The van der Waals surface area contributed by atoms with Gasteiger partial charge in [-0.3, -0.25) is 4.79 Å². The minimum Gasteiger partial charge on any atom is -0.380 e. The Morgan fingerprint density at radius 1 is 1.13 bits per heavy atom. The average molecular weight is 336 g/mol. The van der Waals surface area contributed by atoms with Crippen molar-refractivity contribution in [2.75, 3.05) is 12.4 Å². The highest BCUT2D eigenvalue weighted by molar-refractivity contribution is 7.89. The van der Waals surface area contributed by atoms with Gasteiger partial charge in [0.25, 0.3) is 0 Å². The molecule has 0 aromatic heterocycles. The largest absolute Gasteiger partial charge is 0.380 e. The average Bonchev–Trinajstić information content (AvgIpc) is 2.53. The number of carbonyl (C=O) groups is 1. The van der Waals surface area contributed by atoms with Crippen LogP contribution >= 0.6 is 0 Å². The molecule has 0 bridgehead atoms. The Labute approximate surface area is 134 Å². The van der Waals surface area contributed by atoms with E-state index >= 15 is 0 Å². The van der Waals surface area contributed by atoms with Gasteiger partial charge in [0.1, 0.15) is 5.82 Å². The predicted molar refractivity (Wildman–Crippen MR) is 86.4 cm³/mol. The number of carbonyl (C=O) groups excluding carboxylic acids is 1. The molecule has 2 aromatic rings. The quantitative estimate of drug-likeness (QED) is 0.795. The highest BCUT2D eigenvalue weighted by atomic mass is 32.2. The van der Waals surface area contributed by atoms with Gasteiger partial charge in [-0.25, -0.2) is 17.5 Å². The molecule has 0 heterocycles. The predicted octanol–water partition coefficient (Wildman–Crippen LogP) is 2.55. The topological polar surface area (TPSA) is 75.3 Å². The van der Waals surface area contributed by atoms with E-state index in [0.29, 0.717) is 12.2 Å². The first kappa shape index (κ1) is 17.1. The molecule has 0 fully saturated rings. The molecule has 122 valence electrons. The second-order valence-electron chi connectivity index (χ2n) is 4.92. The number of benzene rings is 2. The zero-order valence-electron chi connectivity index (χ0n) is 12.8. The van der Waals surface area contributed by atoms with Crippen molar-refractivity contribution >= 4 is 21.5 Å². The third kappa shape index (κ3) is 3.94. The maximum absolute atomic E-state index is 13.7. The van der Waals surface area contributed by atoms with Crippen molar-refractivity contribution in [2.45, 2.75) is 18.4 Å². The third-order valence-corrected chi connectivity index (χ3v) is 4.78. The molecule has 2 aromatic carbocycles. The van der Waals surface area contributed by atoms with Gasteiger partial charge in [0.05, 0.1) is 10.5 Å². The molecule has 0 saturated heterocycles. The number of nitrogens with one attached hydrogen (secondary N) is 2. The highest BCUT2D eigenvalue weighted by Crippen LogP contribution is 2.20. The van der Waals surface area contributed by atoms with Gasteiger partial charge < -0.3 is 5.32 Å². The summed E-state index contributed by atoms with van der Waals surface area (Å²) < 4.78 is 39.2. The van der Waals surface area contributed by atoms with Gasteiger partial charge >= 0.3 is 0 Å². The second kappa shape index (κ2) is 6.89. The fourth-order valence-corrected chi connectivity index (χ4v) is 2.86. The SMILES string of the molecule is CNS(=O)(=O)c1ccc(CNc2cccc(F)c2C(C)=O)cc1. The fourth-order valence-electron chi connectivity index (χ4n) is 2.13. The van der Waals surface area contributed by atoms with Crippen LogP contribution in [0.2, 0.25) is 0 Å². The molecule has 2 rings (SSSR count). The van der Waals surface area contributed by atoms with Crippen LogP contribution in [0.15, 0.2) is 47.4 Å². The summed E-state index contributed by atoms with van der Waals surface area (Å²) in [7, 11) is -2.13. The molecule has 0 aliphatic carbocycles. The summed E-state index contributed by atoms with van der Waals surface area (Å²) in [6, 6.07) is 10.7. The molecule has 5 nitrogen and oxygen atoms in total. The van der Waals surface area contributed by atoms with Crippen LogP contribution in [0.25, 0.3) is 0 Å². The van der Waals surface area contributed by atoms with E-state index < -0.39 is 15.8 Å². The Balaban J connectivity index is 2.16. The number of sulfonamides is 1. The van der Waals surface area contributed by atoms with Crippen LogP contribution in [0, 0.1) is 5.82 Å². The summed E-state index contributed by atoms with van der Waals surface area (Å²) in [5, 5.41) is 3.00. The normalized spacial score (nSPS) is 11.3. The smallest absolute Gasteiger partial charge is 0.240 e. The second-order valence-corrected chi connectivity index (χ2v) is 6.81. The van der Waals surface area contributed by atoms with E-state index in [1.54, 1.807) is 18.2 Å². The van der Waals surface area contributed by atoms with Crippen molar-refractivity contribution in [1.82, 2.24) is 4.72 Å². The summed E-state index contributed by atoms with van der Waals surface area (Å²) in [6.45, 7) is 1.64. The number of Topliss-reactive ketones (excluding diaryl/α,β-unsaturated/α-hetero) is 1. The molecule has 0 atom stereocenters.